The highest BCUT2D eigenvalue weighted by atomic mass is 16.5. The third-order valence-corrected chi connectivity index (χ3v) is 4.82. The van der Waals surface area contributed by atoms with Gasteiger partial charge in [-0.3, -0.25) is 0 Å². The predicted octanol–water partition coefficient (Wildman–Crippen LogP) is 1.23. The molecule has 134 valence electrons. The maximum absolute atomic E-state index is 9.56. The maximum Gasteiger partial charge on any atom is 0.222 e. The van der Waals surface area contributed by atoms with Crippen LogP contribution in [0.1, 0.15) is 29.7 Å². The van der Waals surface area contributed by atoms with Crippen molar-refractivity contribution >= 4 is 11.8 Å². The molecule has 0 aliphatic carbocycles. The van der Waals surface area contributed by atoms with Crippen LogP contribution in [-0.2, 0) is 17.7 Å². The number of rotatable bonds is 4. The highest BCUT2D eigenvalue weighted by Gasteiger charge is 2.22. The first-order valence-electron chi connectivity index (χ1n) is 8.86. The molecule has 0 amide bonds. The van der Waals surface area contributed by atoms with E-state index in [0.29, 0.717) is 24.6 Å². The Hall–Kier alpha value is -2.76. The zero-order chi connectivity index (χ0) is 17.9. The molecular weight excluding hydrogens is 330 g/mol. The van der Waals surface area contributed by atoms with Crippen LogP contribution in [0.25, 0.3) is 11.1 Å². The summed E-state index contributed by atoms with van der Waals surface area (Å²) in [6.07, 6.45) is 6.64. The molecule has 2 aliphatic heterocycles. The summed E-state index contributed by atoms with van der Waals surface area (Å²) in [5.41, 5.74) is 9.91. The van der Waals surface area contributed by atoms with Gasteiger partial charge in [-0.15, -0.1) is 0 Å². The molecule has 0 spiro atoms. The number of nitriles is 1. The third kappa shape index (κ3) is 3.19. The summed E-state index contributed by atoms with van der Waals surface area (Å²) in [4.78, 5) is 13.2. The van der Waals surface area contributed by atoms with E-state index >= 15 is 0 Å². The topological polar surface area (TPSA) is 122 Å². The highest BCUT2D eigenvalue weighted by molar-refractivity contribution is 5.78. The molecule has 0 unspecified atom stereocenters. The van der Waals surface area contributed by atoms with Crippen molar-refractivity contribution in [3.8, 4) is 17.2 Å². The fraction of sp³-hybridized carbons (Fsp3) is 0.444. The number of hydrogen-bond acceptors (Lipinski definition) is 8. The lowest BCUT2D eigenvalue weighted by atomic mass is 9.93. The summed E-state index contributed by atoms with van der Waals surface area (Å²) in [5, 5.41) is 16.1. The Labute approximate surface area is 151 Å². The SMILES string of the molecule is N#Cc1c(N)nc2c(c1-c1cnc(NC[C@H]3CCCO3)nc1)CNCC2. The molecule has 26 heavy (non-hydrogen) atoms. The number of nitrogens with two attached hydrogens (primary N) is 1. The van der Waals surface area contributed by atoms with Crippen molar-refractivity contribution in [2.24, 2.45) is 0 Å². The Morgan fingerprint density at radius 2 is 2.23 bits per heavy atom. The van der Waals surface area contributed by atoms with Crippen LogP contribution in [0.5, 0.6) is 0 Å². The zero-order valence-corrected chi connectivity index (χ0v) is 14.5. The van der Waals surface area contributed by atoms with Gasteiger partial charge in [0.15, 0.2) is 0 Å². The van der Waals surface area contributed by atoms with Gasteiger partial charge in [0.1, 0.15) is 17.5 Å². The van der Waals surface area contributed by atoms with Gasteiger partial charge in [0.2, 0.25) is 5.95 Å². The van der Waals surface area contributed by atoms with Gasteiger partial charge in [-0.05, 0) is 18.4 Å². The Morgan fingerprint density at radius 1 is 1.38 bits per heavy atom. The minimum absolute atomic E-state index is 0.224. The average molecular weight is 351 g/mol. The van der Waals surface area contributed by atoms with Crippen molar-refractivity contribution in [2.75, 3.05) is 30.7 Å². The van der Waals surface area contributed by atoms with Gasteiger partial charge in [0, 0.05) is 61.9 Å². The molecule has 4 N–H and O–H groups in total. The molecule has 4 rings (SSSR count). The van der Waals surface area contributed by atoms with E-state index in [1.54, 1.807) is 12.4 Å². The van der Waals surface area contributed by atoms with Crippen LogP contribution in [0.15, 0.2) is 12.4 Å². The van der Waals surface area contributed by atoms with E-state index in [9.17, 15) is 5.26 Å². The summed E-state index contributed by atoms with van der Waals surface area (Å²) in [5.74, 6) is 0.820. The number of anilines is 2. The first-order valence-corrected chi connectivity index (χ1v) is 8.86. The molecule has 8 heteroatoms. The molecule has 2 aromatic rings. The normalized spacial score (nSPS) is 19.0. The van der Waals surface area contributed by atoms with E-state index in [0.717, 1.165) is 54.8 Å². The minimum Gasteiger partial charge on any atom is -0.383 e. The minimum atomic E-state index is 0.224. The van der Waals surface area contributed by atoms with Crippen LogP contribution in [0.2, 0.25) is 0 Å². The van der Waals surface area contributed by atoms with Gasteiger partial charge < -0.3 is 21.1 Å². The van der Waals surface area contributed by atoms with E-state index < -0.39 is 0 Å². The zero-order valence-electron chi connectivity index (χ0n) is 14.5. The smallest absolute Gasteiger partial charge is 0.222 e. The number of hydrogen-bond donors (Lipinski definition) is 3. The van der Waals surface area contributed by atoms with Crippen molar-refractivity contribution in [1.29, 1.82) is 5.26 Å². The number of fused-ring (bicyclic) bond motifs is 1. The number of nitrogen functional groups attached to an aromatic ring is 1. The van der Waals surface area contributed by atoms with E-state index in [-0.39, 0.29) is 11.9 Å². The Bertz CT molecular complexity index is 838. The molecule has 1 saturated heterocycles. The first-order chi connectivity index (χ1) is 12.8. The molecule has 2 aliphatic rings. The molecule has 1 fully saturated rings. The van der Waals surface area contributed by atoms with Crippen LogP contribution < -0.4 is 16.4 Å². The van der Waals surface area contributed by atoms with Crippen LogP contribution in [0, 0.1) is 11.3 Å². The van der Waals surface area contributed by atoms with E-state index in [2.05, 4.69) is 31.7 Å². The highest BCUT2D eigenvalue weighted by Crippen LogP contribution is 2.33. The Morgan fingerprint density at radius 3 is 2.96 bits per heavy atom. The molecule has 0 aromatic carbocycles. The largest absolute Gasteiger partial charge is 0.383 e. The number of aromatic nitrogens is 3. The first kappa shape index (κ1) is 16.7. The molecule has 0 saturated carbocycles. The second-order valence-corrected chi connectivity index (χ2v) is 6.52. The Balaban J connectivity index is 1.62. The van der Waals surface area contributed by atoms with Crippen LogP contribution in [0.3, 0.4) is 0 Å². The fourth-order valence-electron chi connectivity index (χ4n) is 3.50. The van der Waals surface area contributed by atoms with Gasteiger partial charge in [-0.25, -0.2) is 15.0 Å². The summed E-state index contributed by atoms with van der Waals surface area (Å²) < 4.78 is 5.59. The second-order valence-electron chi connectivity index (χ2n) is 6.52. The van der Waals surface area contributed by atoms with Crippen molar-refractivity contribution < 1.29 is 4.74 Å². The molecule has 4 heterocycles. The standard InChI is InChI=1S/C18H21N7O/c19-6-13-16(14-10-21-4-3-15(14)25-17(13)20)11-7-22-18(23-8-11)24-9-12-2-1-5-26-12/h7-8,12,21H,1-5,9-10H2,(H2,20,25)(H,22,23,24)/t12-/m1/s1. The maximum atomic E-state index is 9.56. The summed E-state index contributed by atoms with van der Waals surface area (Å²) in [6, 6.07) is 2.19. The summed E-state index contributed by atoms with van der Waals surface area (Å²) in [6.45, 7) is 3.04. The molecule has 0 bridgehead atoms. The lowest BCUT2D eigenvalue weighted by Crippen LogP contribution is -2.26. The fourth-order valence-corrected chi connectivity index (χ4v) is 3.50. The quantitative estimate of drug-likeness (QED) is 0.752. The summed E-state index contributed by atoms with van der Waals surface area (Å²) >= 11 is 0. The van der Waals surface area contributed by atoms with E-state index in [4.69, 9.17) is 10.5 Å². The van der Waals surface area contributed by atoms with E-state index in [1.807, 2.05) is 0 Å². The van der Waals surface area contributed by atoms with E-state index in [1.165, 1.54) is 0 Å². The van der Waals surface area contributed by atoms with Gasteiger partial charge in [-0.2, -0.15) is 5.26 Å². The number of pyridine rings is 1. The van der Waals surface area contributed by atoms with Crippen LogP contribution >= 0.6 is 0 Å². The average Bonchev–Trinajstić information content (AvgIpc) is 3.19. The van der Waals surface area contributed by atoms with Crippen molar-refractivity contribution in [2.45, 2.75) is 31.9 Å². The van der Waals surface area contributed by atoms with Crippen molar-refractivity contribution in [1.82, 2.24) is 20.3 Å². The predicted molar refractivity (Wildman–Crippen MR) is 97.3 cm³/mol. The lowest BCUT2D eigenvalue weighted by molar-refractivity contribution is 0.120. The van der Waals surface area contributed by atoms with Gasteiger partial charge in [-0.1, -0.05) is 0 Å². The van der Waals surface area contributed by atoms with Gasteiger partial charge >= 0.3 is 0 Å². The molecular formula is C18H21N7O. The number of ether oxygens (including phenoxy) is 1. The van der Waals surface area contributed by atoms with Crippen molar-refractivity contribution in [3.05, 3.63) is 29.2 Å². The van der Waals surface area contributed by atoms with Crippen LogP contribution in [-0.4, -0.2) is 40.8 Å². The van der Waals surface area contributed by atoms with Gasteiger partial charge in [0.25, 0.3) is 0 Å². The van der Waals surface area contributed by atoms with Crippen molar-refractivity contribution in [3.63, 3.8) is 0 Å². The molecule has 1 atom stereocenters. The number of nitrogens with zero attached hydrogens (tertiary/aromatic N) is 4. The molecule has 2 aromatic heterocycles. The summed E-state index contributed by atoms with van der Waals surface area (Å²) in [7, 11) is 0. The number of nitrogens with one attached hydrogen (secondary N) is 2. The molecule has 0 radical (unpaired) electrons. The monoisotopic (exact) mass is 351 g/mol. The third-order valence-electron chi connectivity index (χ3n) is 4.82. The lowest BCUT2D eigenvalue weighted by Gasteiger charge is -2.21. The Kier molecular flexibility index (Phi) is 4.65. The van der Waals surface area contributed by atoms with Crippen LogP contribution in [0.4, 0.5) is 11.8 Å². The molecule has 8 nitrogen and oxygen atoms in total. The second kappa shape index (κ2) is 7.23. The van der Waals surface area contributed by atoms with Gasteiger partial charge in [0.05, 0.1) is 6.10 Å².